The van der Waals surface area contributed by atoms with E-state index < -0.39 is 0 Å². The number of nitrogens with one attached hydrogen (secondary N) is 2. The van der Waals surface area contributed by atoms with Crippen molar-refractivity contribution in [1.29, 1.82) is 0 Å². The molecule has 5 nitrogen and oxygen atoms in total. The lowest BCUT2D eigenvalue weighted by molar-refractivity contribution is 0.0962. The van der Waals surface area contributed by atoms with Crippen LogP contribution in [-0.2, 0) is 0 Å². The highest BCUT2D eigenvalue weighted by Crippen LogP contribution is 2.25. The second-order valence-electron chi connectivity index (χ2n) is 4.99. The van der Waals surface area contributed by atoms with Crippen molar-refractivity contribution in [3.63, 3.8) is 0 Å². The summed E-state index contributed by atoms with van der Waals surface area (Å²) in [5, 5.41) is 15.9. The number of hydrogen-bond acceptors (Lipinski definition) is 4. The van der Waals surface area contributed by atoms with Gasteiger partial charge in [-0.2, -0.15) is 0 Å². The highest BCUT2D eigenvalue weighted by Gasteiger charge is 2.24. The van der Waals surface area contributed by atoms with Gasteiger partial charge in [-0.05, 0) is 31.0 Å². The molecule has 5 heteroatoms. The molecule has 2 unspecified atom stereocenters. The van der Waals surface area contributed by atoms with Crippen LogP contribution in [0.25, 0.3) is 0 Å². The number of aliphatic hydroxyl groups is 1. The second kappa shape index (κ2) is 5.93. The summed E-state index contributed by atoms with van der Waals surface area (Å²) in [7, 11) is 1.60. The van der Waals surface area contributed by atoms with Gasteiger partial charge in [0.05, 0.1) is 17.7 Å². The zero-order chi connectivity index (χ0) is 13.8. The number of rotatable bonds is 3. The van der Waals surface area contributed by atoms with Gasteiger partial charge < -0.3 is 21.5 Å². The molecule has 0 bridgehead atoms. The quantitative estimate of drug-likeness (QED) is 0.620. The molecule has 2 rings (SSSR count). The Bertz CT molecular complexity index is 462. The van der Waals surface area contributed by atoms with Gasteiger partial charge in [-0.15, -0.1) is 0 Å². The van der Waals surface area contributed by atoms with Gasteiger partial charge in [-0.25, -0.2) is 0 Å². The van der Waals surface area contributed by atoms with E-state index in [9.17, 15) is 9.90 Å². The van der Waals surface area contributed by atoms with Crippen molar-refractivity contribution in [1.82, 2.24) is 5.32 Å². The van der Waals surface area contributed by atoms with E-state index in [1.165, 1.54) is 0 Å². The van der Waals surface area contributed by atoms with Crippen molar-refractivity contribution in [3.8, 4) is 0 Å². The molecule has 1 aliphatic carbocycles. The average molecular weight is 263 g/mol. The van der Waals surface area contributed by atoms with Crippen molar-refractivity contribution in [3.05, 3.63) is 23.8 Å². The van der Waals surface area contributed by atoms with E-state index >= 15 is 0 Å². The third-order valence-electron chi connectivity index (χ3n) is 3.59. The maximum Gasteiger partial charge on any atom is 0.253 e. The third kappa shape index (κ3) is 3.17. The van der Waals surface area contributed by atoms with Gasteiger partial charge >= 0.3 is 0 Å². The molecular formula is C14H21N3O2. The van der Waals surface area contributed by atoms with Crippen molar-refractivity contribution in [2.75, 3.05) is 18.1 Å². The summed E-state index contributed by atoms with van der Waals surface area (Å²) in [6.45, 7) is 0. The first-order chi connectivity index (χ1) is 9.11. The number of nitrogen functional groups attached to an aromatic ring is 1. The standard InChI is InChI=1S/C14H21N3O2/c1-16-14(19)10-7-6-9(15)8-12(10)17-11-4-2-3-5-13(11)18/h6-8,11,13,17-18H,2-5,15H2,1H3,(H,16,19). The Morgan fingerprint density at radius 3 is 2.79 bits per heavy atom. The first kappa shape index (κ1) is 13.7. The van der Waals surface area contributed by atoms with Crippen LogP contribution in [0.2, 0.25) is 0 Å². The average Bonchev–Trinajstić information content (AvgIpc) is 2.41. The highest BCUT2D eigenvalue weighted by molar-refractivity contribution is 6.00. The highest BCUT2D eigenvalue weighted by atomic mass is 16.3. The summed E-state index contributed by atoms with van der Waals surface area (Å²) in [4.78, 5) is 11.8. The summed E-state index contributed by atoms with van der Waals surface area (Å²) >= 11 is 0. The van der Waals surface area contributed by atoms with Crippen LogP contribution in [0.1, 0.15) is 36.0 Å². The number of nitrogens with two attached hydrogens (primary N) is 1. The molecule has 1 aliphatic rings. The fraction of sp³-hybridized carbons (Fsp3) is 0.500. The molecule has 0 saturated heterocycles. The third-order valence-corrected chi connectivity index (χ3v) is 3.59. The van der Waals surface area contributed by atoms with Crippen molar-refractivity contribution < 1.29 is 9.90 Å². The molecule has 0 spiro atoms. The molecule has 0 heterocycles. The fourth-order valence-corrected chi connectivity index (χ4v) is 2.49. The second-order valence-corrected chi connectivity index (χ2v) is 4.99. The lowest BCUT2D eigenvalue weighted by atomic mass is 9.92. The van der Waals surface area contributed by atoms with E-state index in [2.05, 4.69) is 10.6 Å². The van der Waals surface area contributed by atoms with Crippen LogP contribution in [-0.4, -0.2) is 30.2 Å². The fourth-order valence-electron chi connectivity index (χ4n) is 2.49. The Labute approximate surface area is 113 Å². The van der Waals surface area contributed by atoms with E-state index in [1.54, 1.807) is 25.2 Å². The minimum absolute atomic E-state index is 0.0149. The molecule has 0 radical (unpaired) electrons. The zero-order valence-electron chi connectivity index (χ0n) is 11.1. The number of carbonyl (C=O) groups excluding carboxylic acids is 1. The molecule has 5 N–H and O–H groups in total. The Morgan fingerprint density at radius 1 is 1.37 bits per heavy atom. The Morgan fingerprint density at radius 2 is 2.11 bits per heavy atom. The van der Waals surface area contributed by atoms with Crippen LogP contribution in [0, 0.1) is 0 Å². The predicted molar refractivity (Wildman–Crippen MR) is 76.1 cm³/mol. The Kier molecular flexibility index (Phi) is 4.27. The monoisotopic (exact) mass is 263 g/mol. The summed E-state index contributed by atoms with van der Waals surface area (Å²) < 4.78 is 0. The normalized spacial score (nSPS) is 22.8. The number of carbonyl (C=O) groups is 1. The van der Waals surface area contributed by atoms with E-state index in [-0.39, 0.29) is 18.1 Å². The van der Waals surface area contributed by atoms with Gasteiger partial charge in [0.1, 0.15) is 0 Å². The molecule has 2 atom stereocenters. The van der Waals surface area contributed by atoms with Gasteiger partial charge in [-0.1, -0.05) is 12.8 Å². The molecule has 19 heavy (non-hydrogen) atoms. The Balaban J connectivity index is 2.22. The smallest absolute Gasteiger partial charge is 0.253 e. The number of hydrogen-bond donors (Lipinski definition) is 4. The van der Waals surface area contributed by atoms with Gasteiger partial charge in [0.15, 0.2) is 0 Å². The van der Waals surface area contributed by atoms with E-state index in [1.807, 2.05) is 0 Å². The number of anilines is 2. The lowest BCUT2D eigenvalue weighted by Gasteiger charge is -2.30. The first-order valence-electron chi connectivity index (χ1n) is 6.68. The van der Waals surface area contributed by atoms with Crippen LogP contribution < -0.4 is 16.4 Å². The summed E-state index contributed by atoms with van der Waals surface area (Å²) in [5.41, 5.74) is 7.61. The molecule has 0 aliphatic heterocycles. The maximum atomic E-state index is 11.8. The molecule has 1 amide bonds. The number of amides is 1. The van der Waals surface area contributed by atoms with Crippen molar-refractivity contribution in [2.45, 2.75) is 37.8 Å². The SMILES string of the molecule is CNC(=O)c1ccc(N)cc1NC1CCCCC1O. The molecule has 104 valence electrons. The van der Waals surface area contributed by atoms with E-state index in [0.29, 0.717) is 16.9 Å². The van der Waals surface area contributed by atoms with Crippen LogP contribution in [0.5, 0.6) is 0 Å². The van der Waals surface area contributed by atoms with Crippen LogP contribution in [0.4, 0.5) is 11.4 Å². The van der Waals surface area contributed by atoms with E-state index in [0.717, 1.165) is 25.7 Å². The molecule has 1 fully saturated rings. The van der Waals surface area contributed by atoms with Gasteiger partial charge in [0.2, 0.25) is 0 Å². The van der Waals surface area contributed by atoms with Crippen molar-refractivity contribution >= 4 is 17.3 Å². The first-order valence-corrected chi connectivity index (χ1v) is 6.68. The maximum absolute atomic E-state index is 11.8. The lowest BCUT2D eigenvalue weighted by Crippen LogP contribution is -2.37. The summed E-state index contributed by atoms with van der Waals surface area (Å²) in [6.07, 6.45) is 3.48. The molecular weight excluding hydrogens is 242 g/mol. The van der Waals surface area contributed by atoms with Crippen LogP contribution >= 0.6 is 0 Å². The minimum Gasteiger partial charge on any atom is -0.399 e. The summed E-state index contributed by atoms with van der Waals surface area (Å²) in [5.74, 6) is -0.159. The van der Waals surface area contributed by atoms with Crippen molar-refractivity contribution in [2.24, 2.45) is 0 Å². The predicted octanol–water partition coefficient (Wildman–Crippen LogP) is 1.34. The van der Waals surface area contributed by atoms with Crippen LogP contribution in [0.15, 0.2) is 18.2 Å². The zero-order valence-corrected chi connectivity index (χ0v) is 11.1. The minimum atomic E-state index is -0.368. The van der Waals surface area contributed by atoms with Gasteiger partial charge in [0.25, 0.3) is 5.91 Å². The van der Waals surface area contributed by atoms with Gasteiger partial charge in [-0.3, -0.25) is 4.79 Å². The van der Waals surface area contributed by atoms with Crippen LogP contribution in [0.3, 0.4) is 0 Å². The topological polar surface area (TPSA) is 87.4 Å². The molecule has 1 saturated carbocycles. The number of benzene rings is 1. The largest absolute Gasteiger partial charge is 0.399 e. The number of aliphatic hydroxyl groups excluding tert-OH is 1. The summed E-state index contributed by atoms with van der Waals surface area (Å²) in [6, 6.07) is 5.13. The molecule has 1 aromatic carbocycles. The molecule has 1 aromatic rings. The van der Waals surface area contributed by atoms with E-state index in [4.69, 9.17) is 5.73 Å². The molecule has 0 aromatic heterocycles. The van der Waals surface area contributed by atoms with Gasteiger partial charge in [0, 0.05) is 18.4 Å². The Hall–Kier alpha value is -1.75.